The third-order valence-corrected chi connectivity index (χ3v) is 2.99. The van der Waals surface area contributed by atoms with E-state index in [1.165, 1.54) is 5.56 Å². The Morgan fingerprint density at radius 2 is 2.05 bits per heavy atom. The molecular weight excluding hydrogens is 256 g/mol. The molecule has 108 valence electrons. The van der Waals surface area contributed by atoms with E-state index >= 15 is 0 Å². The van der Waals surface area contributed by atoms with Crippen LogP contribution in [0.5, 0.6) is 11.5 Å². The summed E-state index contributed by atoms with van der Waals surface area (Å²) in [6.07, 6.45) is 4.57. The zero-order valence-electron chi connectivity index (χ0n) is 11.9. The number of nitrogens with zero attached hydrogens (tertiary/aromatic N) is 3. The summed E-state index contributed by atoms with van der Waals surface area (Å²) in [5, 5.41) is 11.1. The number of benzene rings is 1. The second kappa shape index (κ2) is 7.49. The van der Waals surface area contributed by atoms with Crippen molar-refractivity contribution in [1.82, 2.24) is 20.3 Å². The van der Waals surface area contributed by atoms with Crippen molar-refractivity contribution in [3.8, 4) is 11.5 Å². The first-order valence-electron chi connectivity index (χ1n) is 6.59. The lowest BCUT2D eigenvalue weighted by Crippen LogP contribution is -2.16. The molecular formula is C14H20N4O2. The van der Waals surface area contributed by atoms with Crippen LogP contribution in [0.25, 0.3) is 0 Å². The Balaban J connectivity index is 1.73. The maximum atomic E-state index is 5.28. The number of hydrogen-bond donors (Lipinski definition) is 1. The summed E-state index contributed by atoms with van der Waals surface area (Å²) in [5.74, 6) is 1.51. The van der Waals surface area contributed by atoms with E-state index in [1.54, 1.807) is 20.4 Å². The maximum Gasteiger partial charge on any atom is 0.161 e. The molecule has 0 fully saturated rings. The fourth-order valence-corrected chi connectivity index (χ4v) is 1.94. The molecule has 0 saturated carbocycles. The van der Waals surface area contributed by atoms with Crippen LogP contribution in [0, 0.1) is 0 Å². The van der Waals surface area contributed by atoms with E-state index in [0.717, 1.165) is 37.6 Å². The van der Waals surface area contributed by atoms with Crippen LogP contribution in [0.3, 0.4) is 0 Å². The molecule has 20 heavy (non-hydrogen) atoms. The zero-order chi connectivity index (χ0) is 14.2. The molecule has 2 rings (SSSR count). The van der Waals surface area contributed by atoms with Crippen molar-refractivity contribution in [3.05, 3.63) is 36.2 Å². The van der Waals surface area contributed by atoms with Crippen molar-refractivity contribution < 1.29 is 9.47 Å². The minimum atomic E-state index is 0.752. The smallest absolute Gasteiger partial charge is 0.161 e. The van der Waals surface area contributed by atoms with Gasteiger partial charge in [-0.1, -0.05) is 11.3 Å². The van der Waals surface area contributed by atoms with Crippen LogP contribution in [-0.4, -0.2) is 35.8 Å². The van der Waals surface area contributed by atoms with Gasteiger partial charge in [-0.05, 0) is 30.7 Å². The van der Waals surface area contributed by atoms with Gasteiger partial charge in [-0.25, -0.2) is 0 Å². The summed E-state index contributed by atoms with van der Waals surface area (Å²) in [6.45, 7) is 2.60. The molecule has 0 atom stereocenters. The molecule has 0 aliphatic rings. The molecule has 0 saturated heterocycles. The SMILES string of the molecule is COc1ccc(CNCCCn2ccnn2)cc1OC. The molecule has 1 aromatic heterocycles. The number of methoxy groups -OCH3 is 2. The van der Waals surface area contributed by atoms with Gasteiger partial charge in [0.25, 0.3) is 0 Å². The molecule has 6 nitrogen and oxygen atoms in total. The average molecular weight is 276 g/mol. The van der Waals surface area contributed by atoms with E-state index < -0.39 is 0 Å². The quantitative estimate of drug-likeness (QED) is 0.740. The molecule has 6 heteroatoms. The highest BCUT2D eigenvalue weighted by Gasteiger charge is 2.04. The van der Waals surface area contributed by atoms with Crippen molar-refractivity contribution in [2.24, 2.45) is 0 Å². The van der Waals surface area contributed by atoms with E-state index in [0.29, 0.717) is 0 Å². The Morgan fingerprint density at radius 3 is 2.75 bits per heavy atom. The third-order valence-electron chi connectivity index (χ3n) is 2.99. The lowest BCUT2D eigenvalue weighted by atomic mass is 10.2. The van der Waals surface area contributed by atoms with Crippen LogP contribution in [0.4, 0.5) is 0 Å². The van der Waals surface area contributed by atoms with E-state index in [4.69, 9.17) is 9.47 Å². The van der Waals surface area contributed by atoms with E-state index in [1.807, 2.05) is 29.1 Å². The summed E-state index contributed by atoms with van der Waals surface area (Å²) in [7, 11) is 3.28. The van der Waals surface area contributed by atoms with Crippen LogP contribution in [0.2, 0.25) is 0 Å². The Morgan fingerprint density at radius 1 is 1.20 bits per heavy atom. The van der Waals surface area contributed by atoms with Gasteiger partial charge in [-0.2, -0.15) is 0 Å². The molecule has 0 spiro atoms. The minimum Gasteiger partial charge on any atom is -0.493 e. The predicted molar refractivity (Wildman–Crippen MR) is 75.9 cm³/mol. The average Bonchev–Trinajstić information content (AvgIpc) is 3.00. The van der Waals surface area contributed by atoms with Gasteiger partial charge in [-0.15, -0.1) is 5.10 Å². The number of ether oxygens (including phenoxy) is 2. The first-order chi connectivity index (χ1) is 9.83. The van der Waals surface area contributed by atoms with Crippen LogP contribution >= 0.6 is 0 Å². The Kier molecular flexibility index (Phi) is 5.37. The Hall–Kier alpha value is -2.08. The van der Waals surface area contributed by atoms with Gasteiger partial charge >= 0.3 is 0 Å². The van der Waals surface area contributed by atoms with Gasteiger partial charge in [0, 0.05) is 19.3 Å². The standard InChI is InChI=1S/C14H20N4O2/c1-19-13-5-4-12(10-14(13)20-2)11-15-6-3-8-18-9-7-16-17-18/h4-5,7,9-10,15H,3,6,8,11H2,1-2H3. The fourth-order valence-electron chi connectivity index (χ4n) is 1.94. The highest BCUT2D eigenvalue weighted by Crippen LogP contribution is 2.27. The molecule has 0 aliphatic heterocycles. The maximum absolute atomic E-state index is 5.28. The minimum absolute atomic E-state index is 0.752. The fraction of sp³-hybridized carbons (Fsp3) is 0.429. The van der Waals surface area contributed by atoms with Crippen molar-refractivity contribution in [1.29, 1.82) is 0 Å². The van der Waals surface area contributed by atoms with Crippen molar-refractivity contribution in [3.63, 3.8) is 0 Å². The lowest BCUT2D eigenvalue weighted by molar-refractivity contribution is 0.354. The highest BCUT2D eigenvalue weighted by molar-refractivity contribution is 5.42. The number of hydrogen-bond acceptors (Lipinski definition) is 5. The van der Waals surface area contributed by atoms with Crippen LogP contribution in [0.1, 0.15) is 12.0 Å². The second-order valence-corrected chi connectivity index (χ2v) is 4.39. The second-order valence-electron chi connectivity index (χ2n) is 4.39. The zero-order valence-corrected chi connectivity index (χ0v) is 11.9. The van der Waals surface area contributed by atoms with Crippen molar-refractivity contribution in [2.75, 3.05) is 20.8 Å². The molecule has 1 heterocycles. The highest BCUT2D eigenvalue weighted by atomic mass is 16.5. The van der Waals surface area contributed by atoms with Gasteiger partial charge in [0.15, 0.2) is 11.5 Å². The summed E-state index contributed by atoms with van der Waals surface area (Å²) in [5.41, 5.74) is 1.17. The topological polar surface area (TPSA) is 61.2 Å². The molecule has 0 unspecified atom stereocenters. The predicted octanol–water partition coefficient (Wildman–Crippen LogP) is 1.48. The van der Waals surface area contributed by atoms with Gasteiger partial charge in [-0.3, -0.25) is 4.68 Å². The Bertz CT molecular complexity index is 514. The van der Waals surface area contributed by atoms with E-state index in [9.17, 15) is 0 Å². The molecule has 1 N–H and O–H groups in total. The van der Waals surface area contributed by atoms with Crippen LogP contribution in [0.15, 0.2) is 30.6 Å². The van der Waals surface area contributed by atoms with E-state index in [-0.39, 0.29) is 0 Å². The molecule has 0 radical (unpaired) electrons. The van der Waals surface area contributed by atoms with Crippen LogP contribution in [-0.2, 0) is 13.1 Å². The van der Waals surface area contributed by atoms with E-state index in [2.05, 4.69) is 15.6 Å². The molecule has 2 aromatic rings. The number of aromatic nitrogens is 3. The Labute approximate surface area is 118 Å². The third kappa shape index (κ3) is 3.96. The van der Waals surface area contributed by atoms with Crippen molar-refractivity contribution >= 4 is 0 Å². The summed E-state index contributed by atoms with van der Waals surface area (Å²) in [6, 6.07) is 5.94. The summed E-state index contributed by atoms with van der Waals surface area (Å²) < 4.78 is 12.3. The summed E-state index contributed by atoms with van der Waals surface area (Å²) >= 11 is 0. The number of rotatable bonds is 8. The van der Waals surface area contributed by atoms with Gasteiger partial charge in [0.1, 0.15) is 0 Å². The molecule has 0 amide bonds. The lowest BCUT2D eigenvalue weighted by Gasteiger charge is -2.10. The number of aryl methyl sites for hydroxylation is 1. The van der Waals surface area contributed by atoms with Crippen LogP contribution < -0.4 is 14.8 Å². The van der Waals surface area contributed by atoms with Crippen molar-refractivity contribution in [2.45, 2.75) is 19.5 Å². The van der Waals surface area contributed by atoms with Gasteiger partial charge in [0.05, 0.1) is 20.4 Å². The monoisotopic (exact) mass is 276 g/mol. The normalized spacial score (nSPS) is 10.5. The largest absolute Gasteiger partial charge is 0.493 e. The number of nitrogens with one attached hydrogen (secondary N) is 1. The molecule has 0 bridgehead atoms. The first kappa shape index (κ1) is 14.3. The molecule has 1 aromatic carbocycles. The van der Waals surface area contributed by atoms with Gasteiger partial charge in [0.2, 0.25) is 0 Å². The first-order valence-corrected chi connectivity index (χ1v) is 6.59. The molecule has 0 aliphatic carbocycles. The summed E-state index contributed by atoms with van der Waals surface area (Å²) in [4.78, 5) is 0. The van der Waals surface area contributed by atoms with Gasteiger partial charge < -0.3 is 14.8 Å².